The molecule has 0 aliphatic heterocycles. The lowest BCUT2D eigenvalue weighted by Gasteiger charge is -2.06. The first-order valence-electron chi connectivity index (χ1n) is 6.78. The van der Waals surface area contributed by atoms with E-state index in [9.17, 15) is 0 Å². The van der Waals surface area contributed by atoms with Crippen LogP contribution >= 0.6 is 0 Å². The SMILES string of the molecule is Cc1ccncc1-c1noc(C(N)Cc2ccccc2)n1. The molecule has 0 spiro atoms. The molecule has 0 fully saturated rings. The van der Waals surface area contributed by atoms with E-state index in [4.69, 9.17) is 10.3 Å². The van der Waals surface area contributed by atoms with Crippen molar-refractivity contribution >= 4 is 0 Å². The van der Waals surface area contributed by atoms with E-state index in [-0.39, 0.29) is 6.04 Å². The van der Waals surface area contributed by atoms with Crippen molar-refractivity contribution in [2.45, 2.75) is 19.4 Å². The lowest BCUT2D eigenvalue weighted by atomic mass is 10.1. The van der Waals surface area contributed by atoms with Gasteiger partial charge in [0.15, 0.2) is 0 Å². The van der Waals surface area contributed by atoms with Crippen molar-refractivity contribution in [3.8, 4) is 11.4 Å². The maximum absolute atomic E-state index is 6.14. The Bertz CT molecular complexity index is 724. The second kappa shape index (κ2) is 5.85. The van der Waals surface area contributed by atoms with Crippen LogP contribution in [0.2, 0.25) is 0 Å². The number of nitrogens with zero attached hydrogens (tertiary/aromatic N) is 3. The number of hydrogen-bond donors (Lipinski definition) is 1. The molecule has 106 valence electrons. The molecule has 1 aromatic carbocycles. The van der Waals surface area contributed by atoms with Gasteiger partial charge in [-0.3, -0.25) is 4.98 Å². The van der Waals surface area contributed by atoms with Crippen molar-refractivity contribution in [3.63, 3.8) is 0 Å². The van der Waals surface area contributed by atoms with Gasteiger partial charge in [-0.25, -0.2) is 0 Å². The molecule has 3 rings (SSSR count). The number of pyridine rings is 1. The number of nitrogens with two attached hydrogens (primary N) is 1. The summed E-state index contributed by atoms with van der Waals surface area (Å²) in [5, 5.41) is 4.00. The van der Waals surface area contributed by atoms with Crippen LogP contribution in [0.1, 0.15) is 23.1 Å². The van der Waals surface area contributed by atoms with Crippen LogP contribution < -0.4 is 5.73 Å². The van der Waals surface area contributed by atoms with Crippen LogP contribution in [0.3, 0.4) is 0 Å². The summed E-state index contributed by atoms with van der Waals surface area (Å²) in [6.07, 6.45) is 4.13. The summed E-state index contributed by atoms with van der Waals surface area (Å²) in [5.41, 5.74) is 9.20. The zero-order valence-electron chi connectivity index (χ0n) is 11.7. The van der Waals surface area contributed by atoms with Gasteiger partial charge >= 0.3 is 0 Å². The van der Waals surface area contributed by atoms with Gasteiger partial charge < -0.3 is 10.3 Å². The van der Waals surface area contributed by atoms with Crippen LogP contribution in [0.4, 0.5) is 0 Å². The number of aromatic nitrogens is 3. The fraction of sp³-hybridized carbons (Fsp3) is 0.188. The molecule has 0 aliphatic carbocycles. The molecule has 5 nitrogen and oxygen atoms in total. The Hall–Kier alpha value is -2.53. The van der Waals surface area contributed by atoms with Gasteiger partial charge in [0.25, 0.3) is 0 Å². The summed E-state index contributed by atoms with van der Waals surface area (Å²) in [6, 6.07) is 11.6. The summed E-state index contributed by atoms with van der Waals surface area (Å²) >= 11 is 0. The van der Waals surface area contributed by atoms with E-state index >= 15 is 0 Å². The molecule has 21 heavy (non-hydrogen) atoms. The van der Waals surface area contributed by atoms with Crippen LogP contribution in [-0.2, 0) is 6.42 Å². The van der Waals surface area contributed by atoms with Gasteiger partial charge in [-0.2, -0.15) is 4.98 Å². The van der Waals surface area contributed by atoms with Gasteiger partial charge in [0, 0.05) is 18.0 Å². The minimum Gasteiger partial charge on any atom is -0.337 e. The normalized spacial score (nSPS) is 12.3. The van der Waals surface area contributed by atoms with E-state index in [1.807, 2.05) is 43.3 Å². The van der Waals surface area contributed by atoms with Gasteiger partial charge in [0.1, 0.15) is 0 Å². The highest BCUT2D eigenvalue weighted by molar-refractivity contribution is 5.57. The third kappa shape index (κ3) is 2.98. The van der Waals surface area contributed by atoms with E-state index in [0.29, 0.717) is 18.1 Å². The monoisotopic (exact) mass is 280 g/mol. The van der Waals surface area contributed by atoms with Crippen LogP contribution in [0.15, 0.2) is 53.3 Å². The van der Waals surface area contributed by atoms with E-state index in [1.54, 1.807) is 12.4 Å². The number of aryl methyl sites for hydroxylation is 1. The van der Waals surface area contributed by atoms with Gasteiger partial charge in [-0.1, -0.05) is 35.5 Å². The molecule has 1 unspecified atom stereocenters. The zero-order chi connectivity index (χ0) is 14.7. The second-order valence-electron chi connectivity index (χ2n) is 4.94. The summed E-state index contributed by atoms with van der Waals surface area (Å²) in [7, 11) is 0. The highest BCUT2D eigenvalue weighted by atomic mass is 16.5. The molecule has 2 aromatic heterocycles. The lowest BCUT2D eigenvalue weighted by Crippen LogP contribution is -2.13. The summed E-state index contributed by atoms with van der Waals surface area (Å²) < 4.78 is 5.29. The topological polar surface area (TPSA) is 77.8 Å². The molecule has 0 saturated heterocycles. The van der Waals surface area contributed by atoms with Gasteiger partial charge in [0.05, 0.1) is 6.04 Å². The van der Waals surface area contributed by atoms with E-state index in [1.165, 1.54) is 0 Å². The molecule has 0 radical (unpaired) electrons. The molecule has 2 heterocycles. The van der Waals surface area contributed by atoms with E-state index in [2.05, 4.69) is 15.1 Å². The van der Waals surface area contributed by atoms with E-state index < -0.39 is 0 Å². The summed E-state index contributed by atoms with van der Waals surface area (Å²) in [5.74, 6) is 0.969. The minimum atomic E-state index is -0.314. The predicted molar refractivity (Wildman–Crippen MR) is 79.3 cm³/mol. The molecule has 2 N–H and O–H groups in total. The third-order valence-electron chi connectivity index (χ3n) is 3.34. The predicted octanol–water partition coefficient (Wildman–Crippen LogP) is 2.68. The smallest absolute Gasteiger partial charge is 0.244 e. The number of benzene rings is 1. The largest absolute Gasteiger partial charge is 0.337 e. The first-order chi connectivity index (χ1) is 10.2. The van der Waals surface area contributed by atoms with Crippen LogP contribution in [0.25, 0.3) is 11.4 Å². The maximum Gasteiger partial charge on any atom is 0.244 e. The Kier molecular flexibility index (Phi) is 3.75. The van der Waals surface area contributed by atoms with Crippen molar-refractivity contribution in [3.05, 3.63) is 65.8 Å². The van der Waals surface area contributed by atoms with Crippen molar-refractivity contribution in [2.24, 2.45) is 5.73 Å². The van der Waals surface area contributed by atoms with Crippen LogP contribution in [-0.4, -0.2) is 15.1 Å². The highest BCUT2D eigenvalue weighted by Crippen LogP contribution is 2.21. The molecular formula is C16H16N4O. The van der Waals surface area contributed by atoms with Crippen molar-refractivity contribution in [2.75, 3.05) is 0 Å². The Balaban J connectivity index is 1.80. The molecule has 0 bridgehead atoms. The lowest BCUT2D eigenvalue weighted by molar-refractivity contribution is 0.354. The third-order valence-corrected chi connectivity index (χ3v) is 3.34. The molecule has 0 saturated carbocycles. The van der Waals surface area contributed by atoms with Crippen LogP contribution in [0.5, 0.6) is 0 Å². The summed E-state index contributed by atoms with van der Waals surface area (Å²) in [4.78, 5) is 8.49. The van der Waals surface area contributed by atoms with Crippen molar-refractivity contribution in [1.29, 1.82) is 0 Å². The van der Waals surface area contributed by atoms with E-state index in [0.717, 1.165) is 16.7 Å². The van der Waals surface area contributed by atoms with Gasteiger partial charge in [0.2, 0.25) is 11.7 Å². The van der Waals surface area contributed by atoms with Crippen molar-refractivity contribution in [1.82, 2.24) is 15.1 Å². The fourth-order valence-corrected chi connectivity index (χ4v) is 2.15. The number of hydrogen-bond acceptors (Lipinski definition) is 5. The Labute approximate surface area is 122 Å². The molecule has 5 heteroatoms. The first-order valence-corrected chi connectivity index (χ1v) is 6.78. The average molecular weight is 280 g/mol. The Morgan fingerprint density at radius 3 is 2.76 bits per heavy atom. The Morgan fingerprint density at radius 1 is 1.19 bits per heavy atom. The Morgan fingerprint density at radius 2 is 2.00 bits per heavy atom. The zero-order valence-corrected chi connectivity index (χ0v) is 11.7. The minimum absolute atomic E-state index is 0.314. The molecule has 0 amide bonds. The van der Waals surface area contributed by atoms with Crippen LogP contribution in [0, 0.1) is 6.92 Å². The second-order valence-corrected chi connectivity index (χ2v) is 4.94. The molecule has 1 atom stereocenters. The first kappa shape index (κ1) is 13.5. The molecule has 3 aromatic rings. The molecule has 0 aliphatic rings. The quantitative estimate of drug-likeness (QED) is 0.795. The molecular weight excluding hydrogens is 264 g/mol. The van der Waals surface area contributed by atoms with Gasteiger partial charge in [-0.15, -0.1) is 0 Å². The number of rotatable bonds is 4. The fourth-order valence-electron chi connectivity index (χ4n) is 2.15. The highest BCUT2D eigenvalue weighted by Gasteiger charge is 2.17. The van der Waals surface area contributed by atoms with Gasteiger partial charge in [-0.05, 0) is 30.5 Å². The standard InChI is InChI=1S/C16H16N4O/c1-11-7-8-18-10-13(11)15-19-16(21-20-15)14(17)9-12-5-3-2-4-6-12/h2-8,10,14H,9,17H2,1H3. The van der Waals surface area contributed by atoms with Crippen molar-refractivity contribution < 1.29 is 4.52 Å². The average Bonchev–Trinajstić information content (AvgIpc) is 2.98. The summed E-state index contributed by atoms with van der Waals surface area (Å²) in [6.45, 7) is 1.98. The maximum atomic E-state index is 6.14.